The fourth-order valence-corrected chi connectivity index (χ4v) is 1.61. The summed E-state index contributed by atoms with van der Waals surface area (Å²) in [7, 11) is 4.53. The topological polar surface area (TPSA) is 39.7 Å². The lowest BCUT2D eigenvalue weighted by Crippen LogP contribution is -2.31. The van der Waals surface area contributed by atoms with Gasteiger partial charge in [-0.25, -0.2) is 8.78 Å². The van der Waals surface area contributed by atoms with Crippen LogP contribution in [-0.4, -0.2) is 33.8 Å². The molecule has 0 aliphatic heterocycles. The van der Waals surface area contributed by atoms with E-state index in [2.05, 4.69) is 5.32 Å². The van der Waals surface area contributed by atoms with E-state index in [9.17, 15) is 8.78 Å². The second-order valence-electron chi connectivity index (χ2n) is 4.04. The first-order chi connectivity index (χ1) is 9.03. The summed E-state index contributed by atoms with van der Waals surface area (Å²) in [5.74, 6) is 1.49. The summed E-state index contributed by atoms with van der Waals surface area (Å²) >= 11 is 0. The van der Waals surface area contributed by atoms with E-state index in [1.54, 1.807) is 12.1 Å². The van der Waals surface area contributed by atoms with E-state index < -0.39 is 12.5 Å². The van der Waals surface area contributed by atoms with Crippen molar-refractivity contribution in [3.05, 3.63) is 17.7 Å². The van der Waals surface area contributed by atoms with Crippen molar-refractivity contribution >= 4 is 0 Å². The molecule has 1 aromatic carbocycles. The van der Waals surface area contributed by atoms with Crippen molar-refractivity contribution in [1.82, 2.24) is 5.32 Å². The third-order valence-corrected chi connectivity index (χ3v) is 2.73. The maximum absolute atomic E-state index is 12.4. The first kappa shape index (κ1) is 15.5. The van der Waals surface area contributed by atoms with Crippen LogP contribution in [0.2, 0.25) is 0 Å². The zero-order valence-corrected chi connectivity index (χ0v) is 11.5. The highest BCUT2D eigenvalue weighted by molar-refractivity contribution is 5.53. The molecule has 1 aromatic rings. The summed E-state index contributed by atoms with van der Waals surface area (Å²) in [4.78, 5) is 0. The molecule has 0 heterocycles. The molecule has 6 heteroatoms. The number of methoxy groups -OCH3 is 3. The van der Waals surface area contributed by atoms with Gasteiger partial charge in [0.1, 0.15) is 0 Å². The normalized spacial score (nSPS) is 12.4. The van der Waals surface area contributed by atoms with Crippen molar-refractivity contribution in [2.24, 2.45) is 0 Å². The highest BCUT2D eigenvalue weighted by Gasteiger charge is 2.16. The van der Waals surface area contributed by atoms with Crippen LogP contribution in [0.1, 0.15) is 12.5 Å². The number of hydrogen-bond donors (Lipinski definition) is 1. The van der Waals surface area contributed by atoms with E-state index in [4.69, 9.17) is 14.2 Å². The minimum Gasteiger partial charge on any atom is -0.493 e. The summed E-state index contributed by atoms with van der Waals surface area (Å²) in [6.07, 6.45) is -2.40. The van der Waals surface area contributed by atoms with Crippen LogP contribution in [-0.2, 0) is 6.54 Å². The van der Waals surface area contributed by atoms with E-state index in [1.165, 1.54) is 28.3 Å². The zero-order chi connectivity index (χ0) is 14.4. The molecule has 0 amide bonds. The highest BCUT2D eigenvalue weighted by atomic mass is 19.3. The molecule has 0 aliphatic rings. The molecular formula is C13H19F2NO3. The average Bonchev–Trinajstić information content (AvgIpc) is 2.42. The second-order valence-corrected chi connectivity index (χ2v) is 4.04. The third-order valence-electron chi connectivity index (χ3n) is 2.73. The Morgan fingerprint density at radius 2 is 1.58 bits per heavy atom. The number of benzene rings is 1. The fraction of sp³-hybridized carbons (Fsp3) is 0.538. The number of rotatable bonds is 7. The van der Waals surface area contributed by atoms with Crippen molar-refractivity contribution in [1.29, 1.82) is 0 Å². The number of halogens is 2. The molecule has 0 aromatic heterocycles. The van der Waals surface area contributed by atoms with Gasteiger partial charge in [0, 0.05) is 6.54 Å². The quantitative estimate of drug-likeness (QED) is 0.829. The van der Waals surface area contributed by atoms with Crippen molar-refractivity contribution in [3.63, 3.8) is 0 Å². The van der Waals surface area contributed by atoms with Crippen molar-refractivity contribution < 1.29 is 23.0 Å². The molecule has 0 radical (unpaired) electrons. The molecule has 0 aliphatic carbocycles. The average molecular weight is 275 g/mol. The molecular weight excluding hydrogens is 256 g/mol. The molecule has 0 spiro atoms. The minimum absolute atomic E-state index is 0.294. The molecule has 4 nitrogen and oxygen atoms in total. The van der Waals surface area contributed by atoms with Gasteiger partial charge in [0.25, 0.3) is 6.43 Å². The van der Waals surface area contributed by atoms with Crippen molar-refractivity contribution in [3.8, 4) is 17.2 Å². The zero-order valence-electron chi connectivity index (χ0n) is 11.5. The van der Waals surface area contributed by atoms with Gasteiger partial charge >= 0.3 is 0 Å². The van der Waals surface area contributed by atoms with Gasteiger partial charge in [0.2, 0.25) is 5.75 Å². The lowest BCUT2D eigenvalue weighted by Gasteiger charge is -2.16. The van der Waals surface area contributed by atoms with Gasteiger partial charge in [-0.05, 0) is 24.6 Å². The van der Waals surface area contributed by atoms with Gasteiger partial charge in [-0.15, -0.1) is 0 Å². The van der Waals surface area contributed by atoms with Gasteiger partial charge in [0.15, 0.2) is 11.5 Å². The smallest absolute Gasteiger partial charge is 0.253 e. The Balaban J connectivity index is 2.90. The SMILES string of the molecule is COc1cc(CNC(C)C(F)F)cc(OC)c1OC. The van der Waals surface area contributed by atoms with Gasteiger partial charge in [0.05, 0.1) is 27.4 Å². The predicted molar refractivity (Wildman–Crippen MR) is 68.4 cm³/mol. The molecule has 0 saturated carbocycles. The van der Waals surface area contributed by atoms with E-state index in [-0.39, 0.29) is 0 Å². The van der Waals surface area contributed by atoms with E-state index in [0.29, 0.717) is 23.8 Å². The van der Waals surface area contributed by atoms with E-state index in [1.807, 2.05) is 0 Å². The Labute approximate surface area is 111 Å². The van der Waals surface area contributed by atoms with Crippen LogP contribution >= 0.6 is 0 Å². The van der Waals surface area contributed by atoms with E-state index >= 15 is 0 Å². The molecule has 0 fully saturated rings. The molecule has 1 atom stereocenters. The van der Waals surface area contributed by atoms with Crippen LogP contribution in [0.4, 0.5) is 8.78 Å². The van der Waals surface area contributed by atoms with Gasteiger partial charge in [-0.2, -0.15) is 0 Å². The molecule has 0 saturated heterocycles. The maximum Gasteiger partial charge on any atom is 0.253 e. The number of ether oxygens (including phenoxy) is 3. The van der Waals surface area contributed by atoms with E-state index in [0.717, 1.165) is 5.56 Å². The lowest BCUT2D eigenvalue weighted by atomic mass is 10.1. The Bertz CT molecular complexity index is 388. The summed E-state index contributed by atoms with van der Waals surface area (Å²) in [6.45, 7) is 1.73. The largest absolute Gasteiger partial charge is 0.493 e. The third kappa shape index (κ3) is 3.96. The molecule has 19 heavy (non-hydrogen) atoms. The number of alkyl halides is 2. The van der Waals surface area contributed by atoms with Crippen molar-refractivity contribution in [2.75, 3.05) is 21.3 Å². The van der Waals surface area contributed by atoms with Crippen LogP contribution in [0.15, 0.2) is 12.1 Å². The Hall–Kier alpha value is -1.56. The molecule has 1 unspecified atom stereocenters. The predicted octanol–water partition coefficient (Wildman–Crippen LogP) is 2.46. The molecule has 0 bridgehead atoms. The molecule has 108 valence electrons. The fourth-order valence-electron chi connectivity index (χ4n) is 1.61. The van der Waals surface area contributed by atoms with Crippen LogP contribution in [0.25, 0.3) is 0 Å². The van der Waals surface area contributed by atoms with Crippen LogP contribution in [0.5, 0.6) is 17.2 Å². The first-order valence-corrected chi connectivity index (χ1v) is 5.83. The van der Waals surface area contributed by atoms with Gasteiger partial charge in [-0.1, -0.05) is 0 Å². The summed E-state index contributed by atoms with van der Waals surface area (Å²) < 4.78 is 40.4. The van der Waals surface area contributed by atoms with Gasteiger partial charge in [-0.3, -0.25) is 0 Å². The molecule has 1 N–H and O–H groups in total. The van der Waals surface area contributed by atoms with Crippen LogP contribution < -0.4 is 19.5 Å². The molecule has 1 rings (SSSR count). The maximum atomic E-state index is 12.4. The summed E-state index contributed by atoms with van der Waals surface area (Å²) in [5.41, 5.74) is 0.780. The lowest BCUT2D eigenvalue weighted by molar-refractivity contribution is 0.105. The number of hydrogen-bond acceptors (Lipinski definition) is 4. The summed E-state index contributed by atoms with van der Waals surface area (Å²) in [5, 5.41) is 2.74. The minimum atomic E-state index is -2.40. The monoisotopic (exact) mass is 275 g/mol. The second kappa shape index (κ2) is 7.13. The Morgan fingerprint density at radius 3 is 1.95 bits per heavy atom. The van der Waals surface area contributed by atoms with Crippen molar-refractivity contribution in [2.45, 2.75) is 25.9 Å². The van der Waals surface area contributed by atoms with Gasteiger partial charge < -0.3 is 19.5 Å². The van der Waals surface area contributed by atoms with Crippen LogP contribution in [0.3, 0.4) is 0 Å². The summed E-state index contributed by atoms with van der Waals surface area (Å²) in [6, 6.07) is 2.58. The first-order valence-electron chi connectivity index (χ1n) is 5.83. The Morgan fingerprint density at radius 1 is 1.05 bits per heavy atom. The highest BCUT2D eigenvalue weighted by Crippen LogP contribution is 2.38. The Kier molecular flexibility index (Phi) is 5.82. The number of nitrogens with one attached hydrogen (secondary N) is 1. The standard InChI is InChI=1S/C13H19F2NO3/c1-8(13(14)15)16-7-9-5-10(17-2)12(19-4)11(6-9)18-3/h5-6,8,13,16H,7H2,1-4H3. The van der Waals surface area contributed by atoms with Crippen LogP contribution in [0, 0.1) is 0 Å².